The number of nitrogens with two attached hydrogens (primary N) is 1. The average Bonchev–Trinajstić information content (AvgIpc) is 2.87. The van der Waals surface area contributed by atoms with Crippen LogP contribution in [0.3, 0.4) is 0 Å². The molecule has 0 aliphatic carbocycles. The highest BCUT2D eigenvalue weighted by Crippen LogP contribution is 2.27. The number of hydrazine groups is 1. The zero-order chi connectivity index (χ0) is 13.8. The second kappa shape index (κ2) is 6.19. The van der Waals surface area contributed by atoms with Crippen LogP contribution in [0.4, 0.5) is 4.39 Å². The average molecular weight is 283 g/mol. The van der Waals surface area contributed by atoms with Crippen molar-refractivity contribution in [3.63, 3.8) is 0 Å². The number of benzene rings is 1. The van der Waals surface area contributed by atoms with Gasteiger partial charge in [-0.25, -0.2) is 4.39 Å². The van der Waals surface area contributed by atoms with Crippen LogP contribution in [0.2, 0.25) is 5.02 Å². The summed E-state index contributed by atoms with van der Waals surface area (Å²) in [6.07, 6.45) is 2.74. The first-order valence-corrected chi connectivity index (χ1v) is 6.50. The molecule has 0 aliphatic rings. The standard InChI is InChI=1S/C14H16ClFN2O/c1-2-14-9(6-7-19-14)13(18-17)8-10-11(15)4-3-5-12(10)16/h3-7,13,18H,2,8,17H2,1H3. The van der Waals surface area contributed by atoms with Gasteiger partial charge < -0.3 is 4.42 Å². The van der Waals surface area contributed by atoms with Crippen molar-refractivity contribution in [2.24, 2.45) is 5.84 Å². The van der Waals surface area contributed by atoms with Gasteiger partial charge in [-0.05, 0) is 24.6 Å². The third-order valence-electron chi connectivity index (χ3n) is 3.15. The number of furan rings is 1. The molecule has 0 aliphatic heterocycles. The molecule has 19 heavy (non-hydrogen) atoms. The third kappa shape index (κ3) is 2.97. The van der Waals surface area contributed by atoms with Gasteiger partial charge in [0.2, 0.25) is 0 Å². The first-order chi connectivity index (χ1) is 9.17. The Kier molecular flexibility index (Phi) is 4.58. The second-order valence-electron chi connectivity index (χ2n) is 4.28. The van der Waals surface area contributed by atoms with Crippen molar-refractivity contribution in [1.29, 1.82) is 0 Å². The number of nitrogens with one attached hydrogen (secondary N) is 1. The predicted octanol–water partition coefficient (Wildman–Crippen LogP) is 3.38. The van der Waals surface area contributed by atoms with Crippen LogP contribution >= 0.6 is 11.6 Å². The fourth-order valence-corrected chi connectivity index (χ4v) is 2.38. The summed E-state index contributed by atoms with van der Waals surface area (Å²) in [5.41, 5.74) is 4.09. The minimum absolute atomic E-state index is 0.233. The molecule has 1 heterocycles. The lowest BCUT2D eigenvalue weighted by atomic mass is 9.98. The number of hydrogen-bond donors (Lipinski definition) is 2. The lowest BCUT2D eigenvalue weighted by Gasteiger charge is -2.17. The van der Waals surface area contributed by atoms with Crippen molar-refractivity contribution in [2.75, 3.05) is 0 Å². The van der Waals surface area contributed by atoms with Crippen molar-refractivity contribution in [3.8, 4) is 0 Å². The zero-order valence-electron chi connectivity index (χ0n) is 10.6. The lowest BCUT2D eigenvalue weighted by molar-refractivity contribution is 0.482. The second-order valence-corrected chi connectivity index (χ2v) is 4.68. The number of hydrogen-bond acceptors (Lipinski definition) is 3. The van der Waals surface area contributed by atoms with Gasteiger partial charge in [-0.15, -0.1) is 0 Å². The SMILES string of the molecule is CCc1occc1C(Cc1c(F)cccc1Cl)NN. The first-order valence-electron chi connectivity index (χ1n) is 6.12. The summed E-state index contributed by atoms with van der Waals surface area (Å²) in [6, 6.07) is 6.26. The van der Waals surface area contributed by atoms with Crippen LogP contribution in [0.25, 0.3) is 0 Å². The molecule has 1 aromatic heterocycles. The summed E-state index contributed by atoms with van der Waals surface area (Å²) < 4.78 is 19.2. The highest BCUT2D eigenvalue weighted by Gasteiger charge is 2.19. The van der Waals surface area contributed by atoms with Gasteiger partial charge in [-0.2, -0.15) is 0 Å². The third-order valence-corrected chi connectivity index (χ3v) is 3.50. The minimum atomic E-state index is -0.325. The van der Waals surface area contributed by atoms with Crippen LogP contribution in [0, 0.1) is 5.82 Å². The fourth-order valence-electron chi connectivity index (χ4n) is 2.14. The van der Waals surface area contributed by atoms with Crippen molar-refractivity contribution in [3.05, 3.63) is 58.3 Å². The van der Waals surface area contributed by atoms with E-state index in [-0.39, 0.29) is 11.9 Å². The van der Waals surface area contributed by atoms with Crippen LogP contribution in [-0.4, -0.2) is 0 Å². The van der Waals surface area contributed by atoms with Gasteiger partial charge in [-0.3, -0.25) is 11.3 Å². The van der Waals surface area contributed by atoms with E-state index in [1.807, 2.05) is 13.0 Å². The molecule has 0 bridgehead atoms. The van der Waals surface area contributed by atoms with E-state index in [9.17, 15) is 4.39 Å². The van der Waals surface area contributed by atoms with E-state index in [1.165, 1.54) is 6.07 Å². The van der Waals surface area contributed by atoms with E-state index in [1.54, 1.807) is 18.4 Å². The molecule has 3 N–H and O–H groups in total. The summed E-state index contributed by atoms with van der Waals surface area (Å²) in [5.74, 6) is 6.10. The van der Waals surface area contributed by atoms with Crippen LogP contribution in [0.15, 0.2) is 34.9 Å². The molecule has 1 unspecified atom stereocenters. The van der Waals surface area contributed by atoms with E-state index in [4.69, 9.17) is 21.9 Å². The molecule has 2 rings (SSSR count). The van der Waals surface area contributed by atoms with E-state index >= 15 is 0 Å². The highest BCUT2D eigenvalue weighted by molar-refractivity contribution is 6.31. The molecule has 1 atom stereocenters. The normalized spacial score (nSPS) is 12.6. The van der Waals surface area contributed by atoms with Crippen molar-refractivity contribution >= 4 is 11.6 Å². The molecule has 0 amide bonds. The summed E-state index contributed by atoms with van der Waals surface area (Å²) >= 11 is 6.03. The Morgan fingerprint density at radius 1 is 1.42 bits per heavy atom. The maximum Gasteiger partial charge on any atom is 0.127 e. The smallest absolute Gasteiger partial charge is 0.127 e. The van der Waals surface area contributed by atoms with Gasteiger partial charge in [0.05, 0.1) is 12.3 Å². The van der Waals surface area contributed by atoms with Crippen LogP contribution in [0.5, 0.6) is 0 Å². The number of rotatable bonds is 5. The molecule has 0 spiro atoms. The highest BCUT2D eigenvalue weighted by atomic mass is 35.5. The summed E-state index contributed by atoms with van der Waals surface area (Å²) in [4.78, 5) is 0. The molecule has 5 heteroatoms. The maximum absolute atomic E-state index is 13.8. The Hall–Kier alpha value is -1.36. The molecule has 102 valence electrons. The van der Waals surface area contributed by atoms with Gasteiger partial charge in [0, 0.05) is 22.6 Å². The Labute approximate surface area is 116 Å². The topological polar surface area (TPSA) is 51.2 Å². The van der Waals surface area contributed by atoms with Crippen LogP contribution in [0.1, 0.15) is 29.9 Å². The minimum Gasteiger partial charge on any atom is -0.469 e. The van der Waals surface area contributed by atoms with E-state index < -0.39 is 0 Å². The molecular weight excluding hydrogens is 267 g/mol. The summed E-state index contributed by atoms with van der Waals surface area (Å²) in [6.45, 7) is 1.99. The molecule has 0 radical (unpaired) electrons. The number of halogens is 2. The van der Waals surface area contributed by atoms with Gasteiger partial charge in [0.1, 0.15) is 11.6 Å². The van der Waals surface area contributed by atoms with Crippen molar-refractivity contribution < 1.29 is 8.81 Å². The Balaban J connectivity index is 2.29. The van der Waals surface area contributed by atoms with Gasteiger partial charge in [-0.1, -0.05) is 24.6 Å². The Morgan fingerprint density at radius 3 is 2.84 bits per heavy atom. The van der Waals surface area contributed by atoms with Crippen LogP contribution in [-0.2, 0) is 12.8 Å². The number of aryl methyl sites for hydroxylation is 1. The van der Waals surface area contributed by atoms with E-state index in [0.29, 0.717) is 17.0 Å². The Morgan fingerprint density at radius 2 is 2.21 bits per heavy atom. The molecular formula is C14H16ClFN2O. The van der Waals surface area contributed by atoms with Crippen molar-refractivity contribution in [2.45, 2.75) is 25.8 Å². The van der Waals surface area contributed by atoms with E-state index in [0.717, 1.165) is 17.7 Å². The predicted molar refractivity (Wildman–Crippen MR) is 73.3 cm³/mol. The molecule has 0 saturated heterocycles. The molecule has 0 saturated carbocycles. The largest absolute Gasteiger partial charge is 0.469 e. The molecule has 0 fully saturated rings. The summed E-state index contributed by atoms with van der Waals surface area (Å²) in [5, 5.41) is 0.404. The van der Waals surface area contributed by atoms with Gasteiger partial charge >= 0.3 is 0 Å². The summed E-state index contributed by atoms with van der Waals surface area (Å²) in [7, 11) is 0. The van der Waals surface area contributed by atoms with E-state index in [2.05, 4.69) is 5.43 Å². The van der Waals surface area contributed by atoms with Gasteiger partial charge in [0.15, 0.2) is 0 Å². The van der Waals surface area contributed by atoms with Gasteiger partial charge in [0.25, 0.3) is 0 Å². The first kappa shape index (κ1) is 14.1. The zero-order valence-corrected chi connectivity index (χ0v) is 11.4. The molecule has 1 aromatic carbocycles. The molecule has 2 aromatic rings. The maximum atomic E-state index is 13.8. The Bertz CT molecular complexity index is 536. The molecule has 3 nitrogen and oxygen atoms in total. The van der Waals surface area contributed by atoms with Crippen LogP contribution < -0.4 is 11.3 Å². The monoisotopic (exact) mass is 282 g/mol. The van der Waals surface area contributed by atoms with Crippen molar-refractivity contribution in [1.82, 2.24) is 5.43 Å². The lowest BCUT2D eigenvalue weighted by Crippen LogP contribution is -2.30. The quantitative estimate of drug-likeness (QED) is 0.653. The fraction of sp³-hybridized carbons (Fsp3) is 0.286.